The molecule has 0 aliphatic carbocycles. The molecule has 0 radical (unpaired) electrons. The van der Waals surface area contributed by atoms with Crippen molar-refractivity contribution in [3.63, 3.8) is 0 Å². The molecule has 2 aromatic heterocycles. The van der Waals surface area contributed by atoms with E-state index in [1.165, 1.54) is 11.9 Å². The third-order valence-electron chi connectivity index (χ3n) is 5.05. The SMILES string of the molecule is COc1cc(Nc2nc3ccccc3nc2NSc2ccc(NCCN(C)C)nc2)cc(OC)c1. The van der Waals surface area contributed by atoms with Gasteiger partial charge >= 0.3 is 0 Å². The number of hydrogen-bond acceptors (Lipinski definition) is 10. The number of likely N-dealkylation sites (N-methyl/N-ethyl adjacent to an activating group) is 1. The number of nitrogens with zero attached hydrogens (tertiary/aromatic N) is 4. The molecule has 0 saturated carbocycles. The molecule has 9 nitrogen and oxygen atoms in total. The Morgan fingerprint density at radius 3 is 2.17 bits per heavy atom. The van der Waals surface area contributed by atoms with E-state index in [0.29, 0.717) is 23.1 Å². The first-order chi connectivity index (χ1) is 17.0. The maximum atomic E-state index is 5.40. The smallest absolute Gasteiger partial charge is 0.180 e. The van der Waals surface area contributed by atoms with E-state index in [1.807, 2.05) is 74.9 Å². The zero-order chi connectivity index (χ0) is 24.6. The van der Waals surface area contributed by atoms with Crippen molar-refractivity contribution in [3.8, 4) is 11.5 Å². The summed E-state index contributed by atoms with van der Waals surface area (Å²) >= 11 is 1.42. The number of para-hydroxylation sites is 2. The van der Waals surface area contributed by atoms with Gasteiger partial charge in [-0.25, -0.2) is 15.0 Å². The minimum Gasteiger partial charge on any atom is -0.497 e. The lowest BCUT2D eigenvalue weighted by atomic mass is 10.2. The molecular weight excluding hydrogens is 462 g/mol. The molecule has 0 amide bonds. The standard InChI is InChI=1S/C25H29N7O2S/c1-32(2)12-11-26-23-10-9-20(16-27-23)35-31-25-24(29-21-7-5-6-8-22(21)30-25)28-17-13-18(33-3)15-19(14-17)34-4/h5-10,13-16H,11-12H2,1-4H3,(H,26,27)(H,28,29)(H,30,31). The highest BCUT2D eigenvalue weighted by molar-refractivity contribution is 8.00. The molecule has 0 aliphatic heterocycles. The predicted molar refractivity (Wildman–Crippen MR) is 143 cm³/mol. The summed E-state index contributed by atoms with van der Waals surface area (Å²) in [6.45, 7) is 1.77. The number of pyridine rings is 1. The van der Waals surface area contributed by atoms with Gasteiger partial charge in [-0.05, 0) is 50.3 Å². The Hall–Kier alpha value is -3.76. The number of ether oxygens (including phenoxy) is 2. The van der Waals surface area contributed by atoms with Gasteiger partial charge in [-0.15, -0.1) is 0 Å². The molecule has 0 bridgehead atoms. The zero-order valence-electron chi connectivity index (χ0n) is 20.2. The molecule has 2 aromatic carbocycles. The van der Waals surface area contributed by atoms with Crippen LogP contribution in [0.1, 0.15) is 0 Å². The first-order valence-electron chi connectivity index (χ1n) is 11.1. The summed E-state index contributed by atoms with van der Waals surface area (Å²) in [4.78, 5) is 17.2. The highest BCUT2D eigenvalue weighted by Gasteiger charge is 2.12. The quantitative estimate of drug-likeness (QED) is 0.252. The molecule has 0 saturated heterocycles. The van der Waals surface area contributed by atoms with Gasteiger partial charge in [0, 0.05) is 48.1 Å². The fourth-order valence-electron chi connectivity index (χ4n) is 3.23. The maximum absolute atomic E-state index is 5.40. The van der Waals surface area contributed by atoms with Crippen LogP contribution in [-0.2, 0) is 0 Å². The van der Waals surface area contributed by atoms with Gasteiger partial charge in [0.1, 0.15) is 17.3 Å². The molecule has 35 heavy (non-hydrogen) atoms. The van der Waals surface area contributed by atoms with Crippen molar-refractivity contribution in [3.05, 3.63) is 60.8 Å². The van der Waals surface area contributed by atoms with E-state index < -0.39 is 0 Å². The van der Waals surface area contributed by atoms with Crippen LogP contribution in [0.25, 0.3) is 11.0 Å². The second kappa shape index (κ2) is 11.6. The van der Waals surface area contributed by atoms with Crippen LogP contribution in [0.15, 0.2) is 65.7 Å². The third-order valence-corrected chi connectivity index (χ3v) is 5.82. The number of aromatic nitrogens is 3. The minimum atomic E-state index is 0.585. The van der Waals surface area contributed by atoms with Crippen molar-refractivity contribution in [2.45, 2.75) is 4.90 Å². The summed E-state index contributed by atoms with van der Waals surface area (Å²) in [6.07, 6.45) is 1.82. The van der Waals surface area contributed by atoms with E-state index in [0.717, 1.165) is 40.5 Å². The fraction of sp³-hybridized carbons (Fsp3) is 0.240. The lowest BCUT2D eigenvalue weighted by molar-refractivity contribution is 0.395. The Labute approximate surface area is 209 Å². The second-order valence-corrected chi connectivity index (χ2v) is 8.83. The van der Waals surface area contributed by atoms with Crippen LogP contribution >= 0.6 is 11.9 Å². The number of rotatable bonds is 11. The molecule has 0 fully saturated rings. The first-order valence-corrected chi connectivity index (χ1v) is 11.9. The van der Waals surface area contributed by atoms with Crippen LogP contribution in [0.4, 0.5) is 23.1 Å². The average molecular weight is 492 g/mol. The summed E-state index contributed by atoms with van der Waals surface area (Å²) in [5, 5.41) is 6.67. The molecule has 4 aromatic rings. The van der Waals surface area contributed by atoms with Crippen LogP contribution in [-0.4, -0.2) is 61.3 Å². The summed E-state index contributed by atoms with van der Waals surface area (Å²) in [6, 6.07) is 17.3. The molecule has 0 spiro atoms. The van der Waals surface area contributed by atoms with E-state index in [4.69, 9.17) is 19.4 Å². The number of methoxy groups -OCH3 is 2. The average Bonchev–Trinajstić information content (AvgIpc) is 2.87. The number of nitrogens with one attached hydrogen (secondary N) is 3. The number of hydrogen-bond donors (Lipinski definition) is 3. The molecular formula is C25H29N7O2S. The first kappa shape index (κ1) is 24.4. The van der Waals surface area contributed by atoms with E-state index in [-0.39, 0.29) is 0 Å². The number of benzene rings is 2. The topological polar surface area (TPSA) is 96.5 Å². The van der Waals surface area contributed by atoms with Crippen LogP contribution < -0.4 is 24.8 Å². The summed E-state index contributed by atoms with van der Waals surface area (Å²) in [5.74, 6) is 3.38. The summed E-state index contributed by atoms with van der Waals surface area (Å²) in [5.41, 5.74) is 2.35. The molecule has 0 atom stereocenters. The molecule has 4 rings (SSSR count). The molecule has 0 aliphatic rings. The van der Waals surface area contributed by atoms with Crippen molar-refractivity contribution in [1.82, 2.24) is 19.9 Å². The van der Waals surface area contributed by atoms with E-state index in [1.54, 1.807) is 14.2 Å². The Bertz CT molecular complexity index is 1250. The molecule has 10 heteroatoms. The van der Waals surface area contributed by atoms with Crippen LogP contribution in [0.3, 0.4) is 0 Å². The van der Waals surface area contributed by atoms with Crippen LogP contribution in [0.2, 0.25) is 0 Å². The molecule has 0 unspecified atom stereocenters. The molecule has 182 valence electrons. The van der Waals surface area contributed by atoms with Gasteiger partial charge in [-0.2, -0.15) is 0 Å². The largest absolute Gasteiger partial charge is 0.497 e. The third kappa shape index (κ3) is 6.65. The van der Waals surface area contributed by atoms with Gasteiger partial charge in [0.15, 0.2) is 11.6 Å². The monoisotopic (exact) mass is 491 g/mol. The van der Waals surface area contributed by atoms with Gasteiger partial charge < -0.3 is 29.7 Å². The highest BCUT2D eigenvalue weighted by atomic mass is 32.2. The maximum Gasteiger partial charge on any atom is 0.180 e. The fourth-order valence-corrected chi connectivity index (χ4v) is 3.83. The second-order valence-electron chi connectivity index (χ2n) is 7.95. The Kier molecular flexibility index (Phi) is 8.07. The van der Waals surface area contributed by atoms with Gasteiger partial charge in [-0.3, -0.25) is 0 Å². The number of fused-ring (bicyclic) bond motifs is 1. The van der Waals surface area contributed by atoms with Gasteiger partial charge in [0.25, 0.3) is 0 Å². The van der Waals surface area contributed by atoms with Crippen molar-refractivity contribution >= 4 is 46.1 Å². The molecule has 2 heterocycles. The van der Waals surface area contributed by atoms with Crippen LogP contribution in [0, 0.1) is 0 Å². The Morgan fingerprint density at radius 2 is 1.57 bits per heavy atom. The Balaban J connectivity index is 1.54. The van der Waals surface area contributed by atoms with Crippen molar-refractivity contribution < 1.29 is 9.47 Å². The van der Waals surface area contributed by atoms with Gasteiger partial charge in [-0.1, -0.05) is 12.1 Å². The van der Waals surface area contributed by atoms with E-state index in [9.17, 15) is 0 Å². The Morgan fingerprint density at radius 1 is 0.886 bits per heavy atom. The molecule has 3 N–H and O–H groups in total. The predicted octanol–water partition coefficient (Wildman–Crippen LogP) is 4.88. The lowest BCUT2D eigenvalue weighted by Gasteiger charge is -2.14. The van der Waals surface area contributed by atoms with Crippen molar-refractivity contribution in [1.29, 1.82) is 0 Å². The van der Waals surface area contributed by atoms with E-state index >= 15 is 0 Å². The highest BCUT2D eigenvalue weighted by Crippen LogP contribution is 2.32. The van der Waals surface area contributed by atoms with Crippen molar-refractivity contribution in [2.75, 3.05) is 56.8 Å². The van der Waals surface area contributed by atoms with Crippen molar-refractivity contribution in [2.24, 2.45) is 0 Å². The number of anilines is 4. The lowest BCUT2D eigenvalue weighted by Crippen LogP contribution is -2.21. The van der Waals surface area contributed by atoms with Gasteiger partial charge in [0.2, 0.25) is 0 Å². The zero-order valence-corrected chi connectivity index (χ0v) is 21.0. The summed E-state index contributed by atoms with van der Waals surface area (Å²) in [7, 11) is 7.33. The van der Waals surface area contributed by atoms with Gasteiger partial charge in [0.05, 0.1) is 25.3 Å². The summed E-state index contributed by atoms with van der Waals surface area (Å²) < 4.78 is 14.1. The van der Waals surface area contributed by atoms with E-state index in [2.05, 4.69) is 25.2 Å². The minimum absolute atomic E-state index is 0.585. The van der Waals surface area contributed by atoms with Crippen LogP contribution in [0.5, 0.6) is 11.5 Å². The normalized spacial score (nSPS) is 10.9.